The van der Waals surface area contributed by atoms with Crippen LogP contribution in [0.2, 0.25) is 0 Å². The molecule has 0 fully saturated rings. The third-order valence-corrected chi connectivity index (χ3v) is 6.65. The van der Waals surface area contributed by atoms with Crippen LogP contribution in [-0.2, 0) is 16.4 Å². The van der Waals surface area contributed by atoms with Gasteiger partial charge in [-0.1, -0.05) is 18.6 Å². The van der Waals surface area contributed by atoms with Gasteiger partial charge in [-0.3, -0.25) is 9.89 Å². The van der Waals surface area contributed by atoms with Gasteiger partial charge in [0, 0.05) is 30.4 Å². The molecule has 0 unspecified atom stereocenters. The van der Waals surface area contributed by atoms with Crippen molar-refractivity contribution < 1.29 is 17.6 Å². The van der Waals surface area contributed by atoms with Crippen molar-refractivity contribution in [2.24, 2.45) is 0 Å². The summed E-state index contributed by atoms with van der Waals surface area (Å²) in [4.78, 5) is 14.3. The zero-order valence-electron chi connectivity index (χ0n) is 18.1. The van der Waals surface area contributed by atoms with Gasteiger partial charge in [-0.15, -0.1) is 0 Å². The highest BCUT2D eigenvalue weighted by molar-refractivity contribution is 7.89. The average Bonchev–Trinajstić information content (AvgIpc) is 3.27. The molecule has 0 saturated heterocycles. The van der Waals surface area contributed by atoms with E-state index < -0.39 is 10.0 Å². The fourth-order valence-corrected chi connectivity index (χ4v) is 4.07. The number of aromatic amines is 1. The highest BCUT2D eigenvalue weighted by atomic mass is 32.2. The molecule has 0 atom stereocenters. The smallest absolute Gasteiger partial charge is 0.253 e. The van der Waals surface area contributed by atoms with Crippen molar-refractivity contribution in [1.29, 1.82) is 0 Å². The van der Waals surface area contributed by atoms with Crippen LogP contribution in [0.3, 0.4) is 0 Å². The molecule has 170 valence electrons. The maximum Gasteiger partial charge on any atom is 0.253 e. The molecule has 7 nitrogen and oxygen atoms in total. The van der Waals surface area contributed by atoms with Crippen LogP contribution in [0.25, 0.3) is 11.3 Å². The van der Waals surface area contributed by atoms with Crippen LogP contribution in [-0.4, -0.2) is 50.1 Å². The molecule has 3 aromatic rings. The van der Waals surface area contributed by atoms with Gasteiger partial charge < -0.3 is 4.90 Å². The lowest BCUT2D eigenvalue weighted by Gasteiger charge is -2.17. The molecule has 0 aliphatic rings. The van der Waals surface area contributed by atoms with Crippen molar-refractivity contribution in [3.63, 3.8) is 0 Å². The Morgan fingerprint density at radius 2 is 1.84 bits per heavy atom. The summed E-state index contributed by atoms with van der Waals surface area (Å²) < 4.78 is 39.2. The molecule has 2 N–H and O–H groups in total. The van der Waals surface area contributed by atoms with Crippen LogP contribution in [0.5, 0.6) is 0 Å². The number of aryl methyl sites for hydroxylation is 1. The second-order valence-corrected chi connectivity index (χ2v) is 9.44. The van der Waals surface area contributed by atoms with E-state index in [1.54, 1.807) is 18.0 Å². The number of unbranched alkanes of at least 4 members (excludes halogenated alkanes) is 2. The summed E-state index contributed by atoms with van der Waals surface area (Å²) in [6, 6.07) is 14.2. The van der Waals surface area contributed by atoms with E-state index in [0.29, 0.717) is 12.1 Å². The minimum atomic E-state index is -3.52. The molecule has 0 aliphatic carbocycles. The normalized spacial score (nSPS) is 11.5. The number of nitrogens with zero attached hydrogens (tertiary/aromatic N) is 2. The molecule has 0 radical (unpaired) electrons. The van der Waals surface area contributed by atoms with Crippen molar-refractivity contribution in [2.45, 2.75) is 30.6 Å². The molecule has 0 aliphatic heterocycles. The largest absolute Gasteiger partial charge is 0.342 e. The van der Waals surface area contributed by atoms with E-state index in [1.807, 2.05) is 12.1 Å². The Balaban J connectivity index is 1.42. The number of H-pyrrole nitrogens is 1. The number of hydrogen-bond donors (Lipinski definition) is 2. The number of aromatic nitrogens is 2. The minimum Gasteiger partial charge on any atom is -0.342 e. The lowest BCUT2D eigenvalue weighted by atomic mass is 10.1. The summed E-state index contributed by atoms with van der Waals surface area (Å²) in [6.07, 6.45) is 3.54. The molecule has 2 aromatic carbocycles. The number of benzene rings is 2. The van der Waals surface area contributed by atoms with Gasteiger partial charge in [0.1, 0.15) is 5.82 Å². The van der Waals surface area contributed by atoms with Gasteiger partial charge >= 0.3 is 0 Å². The lowest BCUT2D eigenvalue weighted by molar-refractivity contribution is 0.0792. The Morgan fingerprint density at radius 1 is 1.09 bits per heavy atom. The Labute approximate surface area is 187 Å². The highest BCUT2D eigenvalue weighted by Crippen LogP contribution is 2.19. The molecule has 0 saturated carbocycles. The summed E-state index contributed by atoms with van der Waals surface area (Å²) >= 11 is 0. The standard InChI is InChI=1S/C23H27FN4O3S/c1-25-32(30,31)21-12-10-17(11-13-21)23(29)28(2)14-5-3-4-9-20-16-22(27-26-20)18-7-6-8-19(24)15-18/h6-8,10-13,15-16,25H,3-5,9,14H2,1-2H3,(H,26,27). The predicted octanol–water partition coefficient (Wildman–Crippen LogP) is 3.61. The van der Waals surface area contributed by atoms with Gasteiger partial charge in [0.2, 0.25) is 10.0 Å². The Kier molecular flexibility index (Phi) is 7.76. The fourth-order valence-electron chi connectivity index (χ4n) is 3.34. The number of carbonyl (C=O) groups is 1. The first-order valence-electron chi connectivity index (χ1n) is 10.4. The summed E-state index contributed by atoms with van der Waals surface area (Å²) in [5.41, 5.74) is 2.90. The Hall–Kier alpha value is -3.04. The first-order valence-corrected chi connectivity index (χ1v) is 11.9. The van der Waals surface area contributed by atoms with Crippen LogP contribution < -0.4 is 4.72 Å². The second kappa shape index (κ2) is 10.5. The fraction of sp³-hybridized carbons (Fsp3) is 0.304. The molecule has 0 spiro atoms. The number of hydrogen-bond acceptors (Lipinski definition) is 4. The number of sulfonamides is 1. The highest BCUT2D eigenvalue weighted by Gasteiger charge is 2.15. The SMILES string of the molecule is CNS(=O)(=O)c1ccc(C(=O)N(C)CCCCCc2cc(-c3cccc(F)c3)n[nH]2)cc1. The topological polar surface area (TPSA) is 95.2 Å². The van der Waals surface area contributed by atoms with Crippen LogP contribution in [0, 0.1) is 5.82 Å². The van der Waals surface area contributed by atoms with E-state index in [9.17, 15) is 17.6 Å². The maximum atomic E-state index is 13.4. The Bertz CT molecular complexity index is 1160. The lowest BCUT2D eigenvalue weighted by Crippen LogP contribution is -2.27. The Morgan fingerprint density at radius 3 is 2.53 bits per heavy atom. The quantitative estimate of drug-likeness (QED) is 0.454. The van der Waals surface area contributed by atoms with E-state index in [-0.39, 0.29) is 16.6 Å². The number of carbonyl (C=O) groups excluding carboxylic acids is 1. The van der Waals surface area contributed by atoms with Crippen LogP contribution in [0.15, 0.2) is 59.5 Å². The van der Waals surface area contributed by atoms with E-state index in [1.165, 1.54) is 43.4 Å². The van der Waals surface area contributed by atoms with Crippen molar-refractivity contribution in [3.05, 3.63) is 71.7 Å². The van der Waals surface area contributed by atoms with E-state index >= 15 is 0 Å². The van der Waals surface area contributed by atoms with Crippen LogP contribution in [0.4, 0.5) is 4.39 Å². The molecule has 32 heavy (non-hydrogen) atoms. The number of nitrogens with one attached hydrogen (secondary N) is 2. The van der Waals surface area contributed by atoms with Crippen LogP contribution >= 0.6 is 0 Å². The van der Waals surface area contributed by atoms with Crippen LogP contribution in [0.1, 0.15) is 35.3 Å². The molecule has 3 rings (SSSR count). The summed E-state index contributed by atoms with van der Waals surface area (Å²) in [5.74, 6) is -0.434. The molecular weight excluding hydrogens is 431 g/mol. The van der Waals surface area contributed by atoms with E-state index in [0.717, 1.165) is 42.6 Å². The molecule has 1 aromatic heterocycles. The first kappa shape index (κ1) is 23.6. The zero-order valence-corrected chi connectivity index (χ0v) is 19.0. The summed E-state index contributed by atoms with van der Waals surface area (Å²) in [5, 5.41) is 7.25. The average molecular weight is 459 g/mol. The van der Waals surface area contributed by atoms with Gasteiger partial charge in [0.25, 0.3) is 5.91 Å². The molecule has 1 amide bonds. The summed E-state index contributed by atoms with van der Waals surface area (Å²) in [6.45, 7) is 0.604. The number of halogens is 1. The van der Waals surface area contributed by atoms with Gasteiger partial charge in [-0.25, -0.2) is 17.5 Å². The van der Waals surface area contributed by atoms with Gasteiger partial charge in [-0.2, -0.15) is 5.10 Å². The van der Waals surface area contributed by atoms with E-state index in [4.69, 9.17) is 0 Å². The zero-order chi connectivity index (χ0) is 23.1. The summed E-state index contributed by atoms with van der Waals surface area (Å²) in [7, 11) is -0.437. The van der Waals surface area contributed by atoms with Gasteiger partial charge in [0.05, 0.1) is 10.6 Å². The minimum absolute atomic E-state index is 0.124. The third kappa shape index (κ3) is 6.02. The third-order valence-electron chi connectivity index (χ3n) is 5.22. The number of amides is 1. The monoisotopic (exact) mass is 458 g/mol. The first-order chi connectivity index (χ1) is 15.3. The predicted molar refractivity (Wildman–Crippen MR) is 121 cm³/mol. The van der Waals surface area contributed by atoms with Crippen molar-refractivity contribution in [3.8, 4) is 11.3 Å². The van der Waals surface area contributed by atoms with Crippen molar-refractivity contribution >= 4 is 15.9 Å². The molecule has 0 bridgehead atoms. The van der Waals surface area contributed by atoms with Gasteiger partial charge in [0.15, 0.2) is 0 Å². The van der Waals surface area contributed by atoms with Crippen molar-refractivity contribution in [2.75, 3.05) is 20.6 Å². The van der Waals surface area contributed by atoms with Gasteiger partial charge in [-0.05, 0) is 68.8 Å². The number of rotatable bonds is 10. The molecular formula is C23H27FN4O3S. The second-order valence-electron chi connectivity index (χ2n) is 7.56. The van der Waals surface area contributed by atoms with E-state index in [2.05, 4.69) is 14.9 Å². The molecule has 1 heterocycles. The van der Waals surface area contributed by atoms with Crippen molar-refractivity contribution in [1.82, 2.24) is 19.8 Å². The molecule has 9 heteroatoms. The maximum absolute atomic E-state index is 13.4.